The van der Waals surface area contributed by atoms with Gasteiger partial charge in [-0.15, -0.1) is 0 Å². The van der Waals surface area contributed by atoms with Gasteiger partial charge in [-0.1, -0.05) is 17.7 Å². The van der Waals surface area contributed by atoms with E-state index in [4.69, 9.17) is 5.73 Å². The second kappa shape index (κ2) is 3.01. The van der Waals surface area contributed by atoms with E-state index < -0.39 is 0 Å². The predicted molar refractivity (Wildman–Crippen MR) is 53.9 cm³/mol. The number of rotatable bonds is 1. The molecular weight excluding hydrogens is 162 g/mol. The van der Waals surface area contributed by atoms with E-state index in [2.05, 4.69) is 36.6 Å². The highest BCUT2D eigenvalue weighted by Crippen LogP contribution is 2.15. The van der Waals surface area contributed by atoms with Crippen LogP contribution in [0.5, 0.6) is 0 Å². The summed E-state index contributed by atoms with van der Waals surface area (Å²) in [5.41, 5.74) is 11.1. The monoisotopic (exact) mass is 175 g/mol. The lowest BCUT2D eigenvalue weighted by Crippen LogP contribution is -2.33. The number of benzene rings is 1. The molecule has 1 heterocycles. The second-order valence-corrected chi connectivity index (χ2v) is 3.22. The van der Waals surface area contributed by atoms with Crippen molar-refractivity contribution >= 4 is 5.69 Å². The largest absolute Gasteiger partial charge is 0.384 e. The SMILES string of the molecule is Cc1ccc(N2CC=C(N)N2)cc1. The number of nitrogens with zero attached hydrogens (tertiary/aromatic N) is 1. The van der Waals surface area contributed by atoms with E-state index in [-0.39, 0.29) is 0 Å². The van der Waals surface area contributed by atoms with Gasteiger partial charge in [0.25, 0.3) is 0 Å². The summed E-state index contributed by atoms with van der Waals surface area (Å²) in [6, 6.07) is 8.33. The third-order valence-electron chi connectivity index (χ3n) is 2.10. The Morgan fingerprint density at radius 3 is 2.54 bits per heavy atom. The summed E-state index contributed by atoms with van der Waals surface area (Å²) in [6.45, 7) is 2.91. The molecule has 3 N–H and O–H groups in total. The molecule has 0 atom stereocenters. The Hall–Kier alpha value is -1.64. The third kappa shape index (κ3) is 1.59. The zero-order chi connectivity index (χ0) is 9.26. The highest BCUT2D eigenvalue weighted by molar-refractivity contribution is 5.48. The quantitative estimate of drug-likeness (QED) is 0.672. The molecule has 1 aromatic carbocycles. The van der Waals surface area contributed by atoms with Crippen LogP contribution in [-0.4, -0.2) is 6.54 Å². The summed E-state index contributed by atoms with van der Waals surface area (Å²) in [7, 11) is 0. The van der Waals surface area contributed by atoms with E-state index in [9.17, 15) is 0 Å². The van der Waals surface area contributed by atoms with Crippen molar-refractivity contribution in [3.63, 3.8) is 0 Å². The molecule has 0 fully saturated rings. The average Bonchev–Trinajstić information content (AvgIpc) is 2.53. The van der Waals surface area contributed by atoms with Gasteiger partial charge in [-0.2, -0.15) is 0 Å². The van der Waals surface area contributed by atoms with Gasteiger partial charge in [-0.3, -0.25) is 10.4 Å². The van der Waals surface area contributed by atoms with Gasteiger partial charge in [-0.25, -0.2) is 0 Å². The van der Waals surface area contributed by atoms with Gasteiger partial charge < -0.3 is 5.73 Å². The van der Waals surface area contributed by atoms with Crippen molar-refractivity contribution in [2.24, 2.45) is 5.73 Å². The zero-order valence-electron chi connectivity index (χ0n) is 7.62. The third-order valence-corrected chi connectivity index (χ3v) is 2.10. The number of anilines is 1. The maximum Gasteiger partial charge on any atom is 0.113 e. The van der Waals surface area contributed by atoms with Crippen LogP contribution in [0.1, 0.15) is 5.56 Å². The van der Waals surface area contributed by atoms with Gasteiger partial charge >= 0.3 is 0 Å². The minimum atomic E-state index is 0.723. The van der Waals surface area contributed by atoms with Gasteiger partial charge in [-0.05, 0) is 25.1 Å². The molecule has 1 aliphatic heterocycles. The summed E-state index contributed by atoms with van der Waals surface area (Å²) in [6.07, 6.45) is 1.96. The van der Waals surface area contributed by atoms with Crippen LogP contribution in [-0.2, 0) is 0 Å². The molecule has 2 rings (SSSR count). The van der Waals surface area contributed by atoms with E-state index in [0.717, 1.165) is 18.1 Å². The Balaban J connectivity index is 2.14. The van der Waals surface area contributed by atoms with E-state index in [1.54, 1.807) is 0 Å². The van der Waals surface area contributed by atoms with E-state index in [0.29, 0.717) is 0 Å². The molecule has 0 amide bonds. The molecule has 13 heavy (non-hydrogen) atoms. The Kier molecular flexibility index (Phi) is 1.85. The Morgan fingerprint density at radius 1 is 1.31 bits per heavy atom. The van der Waals surface area contributed by atoms with Crippen LogP contribution in [0.25, 0.3) is 0 Å². The van der Waals surface area contributed by atoms with E-state index in [1.807, 2.05) is 11.1 Å². The first kappa shape index (κ1) is 7.98. The molecular formula is C10H13N3. The molecule has 0 bridgehead atoms. The van der Waals surface area contributed by atoms with Crippen LogP contribution >= 0.6 is 0 Å². The van der Waals surface area contributed by atoms with Gasteiger partial charge in [0.1, 0.15) is 5.82 Å². The minimum Gasteiger partial charge on any atom is -0.384 e. The first-order chi connectivity index (χ1) is 6.25. The summed E-state index contributed by atoms with van der Waals surface area (Å²) in [5, 5.41) is 2.01. The molecule has 0 spiro atoms. The predicted octanol–water partition coefficient (Wildman–Crippen LogP) is 1.12. The van der Waals surface area contributed by atoms with Gasteiger partial charge in [0.05, 0.1) is 12.2 Å². The van der Waals surface area contributed by atoms with Crippen LogP contribution < -0.4 is 16.2 Å². The van der Waals surface area contributed by atoms with E-state index in [1.165, 1.54) is 5.56 Å². The number of aryl methyl sites for hydroxylation is 1. The van der Waals surface area contributed by atoms with Crippen molar-refractivity contribution in [1.82, 2.24) is 5.43 Å². The number of hydrazine groups is 1. The summed E-state index contributed by atoms with van der Waals surface area (Å²) in [4.78, 5) is 0. The number of nitrogens with one attached hydrogen (secondary N) is 1. The number of hydrogen-bond acceptors (Lipinski definition) is 3. The first-order valence-electron chi connectivity index (χ1n) is 4.32. The summed E-state index contributed by atoms with van der Waals surface area (Å²) >= 11 is 0. The number of hydrogen-bond donors (Lipinski definition) is 2. The fraction of sp³-hybridized carbons (Fsp3) is 0.200. The molecule has 0 aromatic heterocycles. The standard InChI is InChI=1S/C10H13N3/c1-8-2-4-9(5-3-8)13-7-6-10(11)12-13/h2-6,12H,7,11H2,1H3. The fourth-order valence-electron chi connectivity index (χ4n) is 1.33. The van der Waals surface area contributed by atoms with Crippen molar-refractivity contribution in [1.29, 1.82) is 0 Å². The summed E-state index contributed by atoms with van der Waals surface area (Å²) < 4.78 is 0. The smallest absolute Gasteiger partial charge is 0.113 e. The number of nitrogens with two attached hydrogens (primary N) is 1. The molecule has 0 saturated carbocycles. The van der Waals surface area contributed by atoms with Crippen LogP contribution in [0.3, 0.4) is 0 Å². The van der Waals surface area contributed by atoms with Gasteiger partial charge in [0.15, 0.2) is 0 Å². The van der Waals surface area contributed by atoms with E-state index >= 15 is 0 Å². The Labute approximate surface area is 77.8 Å². The van der Waals surface area contributed by atoms with Crippen LogP contribution in [0, 0.1) is 6.92 Å². The van der Waals surface area contributed by atoms with Gasteiger partial charge in [0, 0.05) is 0 Å². The zero-order valence-corrected chi connectivity index (χ0v) is 7.62. The van der Waals surface area contributed by atoms with Crippen LogP contribution in [0.2, 0.25) is 0 Å². The lowest BCUT2D eigenvalue weighted by molar-refractivity contribution is 0.797. The lowest BCUT2D eigenvalue weighted by Gasteiger charge is -2.19. The average molecular weight is 175 g/mol. The molecule has 3 heteroatoms. The molecule has 1 aromatic rings. The Bertz CT molecular complexity index is 327. The van der Waals surface area contributed by atoms with Crippen LogP contribution in [0.4, 0.5) is 5.69 Å². The van der Waals surface area contributed by atoms with Crippen LogP contribution in [0.15, 0.2) is 36.2 Å². The van der Waals surface area contributed by atoms with Crippen molar-refractivity contribution in [2.75, 3.05) is 11.6 Å². The molecule has 0 radical (unpaired) electrons. The topological polar surface area (TPSA) is 41.3 Å². The van der Waals surface area contributed by atoms with Crippen molar-refractivity contribution < 1.29 is 0 Å². The van der Waals surface area contributed by atoms with Crippen molar-refractivity contribution in [3.05, 3.63) is 41.7 Å². The highest BCUT2D eigenvalue weighted by Gasteiger charge is 2.10. The van der Waals surface area contributed by atoms with Gasteiger partial charge in [0.2, 0.25) is 0 Å². The summed E-state index contributed by atoms with van der Waals surface area (Å²) in [5.74, 6) is 0.723. The van der Waals surface area contributed by atoms with Crippen molar-refractivity contribution in [3.8, 4) is 0 Å². The molecule has 3 nitrogen and oxygen atoms in total. The fourth-order valence-corrected chi connectivity index (χ4v) is 1.33. The molecule has 0 saturated heterocycles. The normalized spacial score (nSPS) is 15.5. The minimum absolute atomic E-state index is 0.723. The molecule has 1 aliphatic rings. The second-order valence-electron chi connectivity index (χ2n) is 3.22. The Morgan fingerprint density at radius 2 is 2.00 bits per heavy atom. The maximum atomic E-state index is 5.60. The van der Waals surface area contributed by atoms with Crippen molar-refractivity contribution in [2.45, 2.75) is 6.92 Å². The highest BCUT2D eigenvalue weighted by atomic mass is 15.5. The lowest BCUT2D eigenvalue weighted by atomic mass is 10.2. The molecule has 0 aliphatic carbocycles. The molecule has 68 valence electrons. The first-order valence-corrected chi connectivity index (χ1v) is 4.32. The maximum absolute atomic E-state index is 5.60. The molecule has 0 unspecified atom stereocenters.